The molecule has 4 rings (SSSR count). The van der Waals surface area contributed by atoms with E-state index in [1.165, 1.54) is 5.56 Å². The van der Waals surface area contributed by atoms with Crippen molar-refractivity contribution >= 4 is 20.8 Å². The minimum atomic E-state index is -3.54. The van der Waals surface area contributed by atoms with Crippen LogP contribution in [-0.2, 0) is 16.4 Å². The SMILES string of the molecule is O=S(=O)(N[C@@H]1CCCc2ccccc21)c1ccc2ccccc2c1. The lowest BCUT2D eigenvalue weighted by atomic mass is 9.88. The number of aryl methyl sites for hydroxylation is 1. The van der Waals surface area contributed by atoms with Gasteiger partial charge in [-0.2, -0.15) is 0 Å². The lowest BCUT2D eigenvalue weighted by Crippen LogP contribution is -2.31. The molecule has 1 aliphatic rings. The third-order valence-electron chi connectivity index (χ3n) is 4.70. The van der Waals surface area contributed by atoms with Gasteiger partial charge in [-0.3, -0.25) is 0 Å². The van der Waals surface area contributed by atoms with E-state index >= 15 is 0 Å². The smallest absolute Gasteiger partial charge is 0.207 e. The average Bonchev–Trinajstić information content (AvgIpc) is 2.61. The molecule has 4 heteroatoms. The first-order valence-corrected chi connectivity index (χ1v) is 9.71. The molecule has 0 saturated heterocycles. The van der Waals surface area contributed by atoms with E-state index in [-0.39, 0.29) is 6.04 Å². The molecule has 0 amide bonds. The van der Waals surface area contributed by atoms with Crippen LogP contribution in [0.25, 0.3) is 10.8 Å². The number of nitrogens with one attached hydrogen (secondary N) is 1. The summed E-state index contributed by atoms with van der Waals surface area (Å²) in [6, 6.07) is 21.0. The molecule has 0 heterocycles. The van der Waals surface area contributed by atoms with Crippen molar-refractivity contribution in [2.75, 3.05) is 0 Å². The number of benzene rings is 3. The molecule has 3 nitrogen and oxygen atoms in total. The van der Waals surface area contributed by atoms with Gasteiger partial charge in [0.05, 0.1) is 4.90 Å². The second kappa shape index (κ2) is 6.04. The van der Waals surface area contributed by atoms with Crippen molar-refractivity contribution in [1.29, 1.82) is 0 Å². The Labute approximate surface area is 142 Å². The topological polar surface area (TPSA) is 46.2 Å². The van der Waals surface area contributed by atoms with Crippen molar-refractivity contribution in [3.63, 3.8) is 0 Å². The maximum absolute atomic E-state index is 12.8. The van der Waals surface area contributed by atoms with E-state index in [1.54, 1.807) is 12.1 Å². The van der Waals surface area contributed by atoms with Crippen LogP contribution >= 0.6 is 0 Å². The summed E-state index contributed by atoms with van der Waals surface area (Å²) in [4.78, 5) is 0.323. The summed E-state index contributed by atoms with van der Waals surface area (Å²) < 4.78 is 28.6. The quantitative estimate of drug-likeness (QED) is 0.779. The van der Waals surface area contributed by atoms with E-state index in [2.05, 4.69) is 10.8 Å². The van der Waals surface area contributed by atoms with E-state index in [9.17, 15) is 8.42 Å². The van der Waals surface area contributed by atoms with Gasteiger partial charge in [-0.15, -0.1) is 0 Å². The Kier molecular flexibility index (Phi) is 3.87. The first-order valence-electron chi connectivity index (χ1n) is 8.22. The van der Waals surface area contributed by atoms with Crippen molar-refractivity contribution in [3.05, 3.63) is 77.9 Å². The second-order valence-electron chi connectivity index (χ2n) is 6.27. The molecule has 24 heavy (non-hydrogen) atoms. The third kappa shape index (κ3) is 2.83. The molecule has 1 atom stereocenters. The van der Waals surface area contributed by atoms with Gasteiger partial charge in [0.25, 0.3) is 0 Å². The lowest BCUT2D eigenvalue weighted by Gasteiger charge is -2.26. The van der Waals surface area contributed by atoms with E-state index in [0.717, 1.165) is 35.6 Å². The average molecular weight is 337 g/mol. The molecule has 0 radical (unpaired) electrons. The fourth-order valence-corrected chi connectivity index (χ4v) is 4.75. The Morgan fingerprint density at radius 1 is 0.875 bits per heavy atom. The zero-order valence-electron chi connectivity index (χ0n) is 13.3. The van der Waals surface area contributed by atoms with Crippen molar-refractivity contribution < 1.29 is 8.42 Å². The maximum atomic E-state index is 12.8. The van der Waals surface area contributed by atoms with Crippen LogP contribution in [0.3, 0.4) is 0 Å². The predicted molar refractivity (Wildman–Crippen MR) is 96.4 cm³/mol. The summed E-state index contributed by atoms with van der Waals surface area (Å²) in [5.41, 5.74) is 2.35. The number of hydrogen-bond acceptors (Lipinski definition) is 2. The maximum Gasteiger partial charge on any atom is 0.241 e. The molecule has 0 fully saturated rings. The van der Waals surface area contributed by atoms with Crippen LogP contribution in [-0.4, -0.2) is 8.42 Å². The van der Waals surface area contributed by atoms with E-state index in [4.69, 9.17) is 0 Å². The van der Waals surface area contributed by atoms with E-state index in [1.807, 2.05) is 48.5 Å². The highest BCUT2D eigenvalue weighted by molar-refractivity contribution is 7.89. The Morgan fingerprint density at radius 2 is 1.62 bits per heavy atom. The highest BCUT2D eigenvalue weighted by Gasteiger charge is 2.25. The third-order valence-corrected chi connectivity index (χ3v) is 6.17. The van der Waals surface area contributed by atoms with Crippen molar-refractivity contribution in [1.82, 2.24) is 4.72 Å². The lowest BCUT2D eigenvalue weighted by molar-refractivity contribution is 0.507. The molecule has 1 aliphatic carbocycles. The first kappa shape index (κ1) is 15.4. The van der Waals surface area contributed by atoms with Crippen molar-refractivity contribution in [3.8, 4) is 0 Å². The summed E-state index contributed by atoms with van der Waals surface area (Å²) in [7, 11) is -3.54. The molecule has 3 aromatic rings. The van der Waals surface area contributed by atoms with Gasteiger partial charge >= 0.3 is 0 Å². The first-order chi connectivity index (χ1) is 11.6. The largest absolute Gasteiger partial charge is 0.241 e. The molecule has 0 saturated carbocycles. The van der Waals surface area contributed by atoms with Crippen LogP contribution in [0.5, 0.6) is 0 Å². The molecule has 0 spiro atoms. The van der Waals surface area contributed by atoms with Crippen LogP contribution in [0.1, 0.15) is 30.0 Å². The molecule has 0 bridgehead atoms. The van der Waals surface area contributed by atoms with Gasteiger partial charge in [0.2, 0.25) is 10.0 Å². The van der Waals surface area contributed by atoms with Gasteiger partial charge in [-0.25, -0.2) is 13.1 Å². The molecule has 0 aromatic heterocycles. The zero-order chi connectivity index (χ0) is 16.6. The summed E-state index contributed by atoms with van der Waals surface area (Å²) >= 11 is 0. The molecule has 0 aliphatic heterocycles. The van der Waals surface area contributed by atoms with Crippen LogP contribution in [0.2, 0.25) is 0 Å². The second-order valence-corrected chi connectivity index (χ2v) is 7.99. The summed E-state index contributed by atoms with van der Waals surface area (Å²) in [5.74, 6) is 0. The number of hydrogen-bond donors (Lipinski definition) is 1. The standard InChI is InChI=1S/C20H19NO2S/c22-24(23,18-13-12-15-6-1-2-8-17(15)14-18)21-20-11-5-9-16-7-3-4-10-19(16)20/h1-4,6-8,10,12-14,20-21H,5,9,11H2/t20-/m1/s1. The number of sulfonamides is 1. The van der Waals surface area contributed by atoms with Crippen molar-refractivity contribution in [2.45, 2.75) is 30.2 Å². The summed E-state index contributed by atoms with van der Waals surface area (Å²) in [5, 5.41) is 1.98. The fourth-order valence-electron chi connectivity index (χ4n) is 3.47. The van der Waals surface area contributed by atoms with Gasteiger partial charge in [-0.05, 0) is 53.3 Å². The van der Waals surface area contributed by atoms with E-state index in [0.29, 0.717) is 4.90 Å². The van der Waals surface area contributed by atoms with Crippen LogP contribution < -0.4 is 4.72 Å². The predicted octanol–water partition coefficient (Wildman–Crippen LogP) is 4.20. The van der Waals surface area contributed by atoms with Crippen molar-refractivity contribution in [2.24, 2.45) is 0 Å². The fraction of sp³-hybridized carbons (Fsp3) is 0.200. The minimum Gasteiger partial charge on any atom is -0.207 e. The van der Waals surface area contributed by atoms with Crippen LogP contribution in [0, 0.1) is 0 Å². The monoisotopic (exact) mass is 337 g/mol. The highest BCUT2D eigenvalue weighted by atomic mass is 32.2. The molecular formula is C20H19NO2S. The van der Waals surface area contributed by atoms with Gasteiger partial charge in [0.15, 0.2) is 0 Å². The van der Waals surface area contributed by atoms with Gasteiger partial charge in [0.1, 0.15) is 0 Å². The van der Waals surface area contributed by atoms with Gasteiger partial charge in [0, 0.05) is 6.04 Å². The summed E-state index contributed by atoms with van der Waals surface area (Å²) in [6.45, 7) is 0. The highest BCUT2D eigenvalue weighted by Crippen LogP contribution is 2.31. The Balaban J connectivity index is 1.68. The summed E-state index contributed by atoms with van der Waals surface area (Å²) in [6.07, 6.45) is 2.86. The van der Waals surface area contributed by atoms with Crippen LogP contribution in [0.15, 0.2) is 71.6 Å². The number of rotatable bonds is 3. The van der Waals surface area contributed by atoms with Gasteiger partial charge < -0.3 is 0 Å². The normalized spacial score (nSPS) is 17.6. The zero-order valence-corrected chi connectivity index (χ0v) is 14.1. The van der Waals surface area contributed by atoms with E-state index < -0.39 is 10.0 Å². The molecular weight excluding hydrogens is 318 g/mol. The molecule has 1 N–H and O–H groups in total. The van der Waals surface area contributed by atoms with Gasteiger partial charge in [-0.1, -0.05) is 54.6 Å². The Bertz CT molecular complexity index is 995. The molecule has 3 aromatic carbocycles. The molecule has 122 valence electrons. The molecule has 0 unspecified atom stereocenters. The number of fused-ring (bicyclic) bond motifs is 2. The minimum absolute atomic E-state index is 0.147. The van der Waals surface area contributed by atoms with Crippen LogP contribution in [0.4, 0.5) is 0 Å². The Morgan fingerprint density at radius 3 is 2.50 bits per heavy atom. The Hall–Kier alpha value is -2.17.